The first kappa shape index (κ1) is 19.7. The summed E-state index contributed by atoms with van der Waals surface area (Å²) in [4.78, 5) is 14.9. The van der Waals surface area contributed by atoms with E-state index in [1.807, 2.05) is 0 Å². The molecular formula is C51H31N5O. The zero-order valence-corrected chi connectivity index (χ0v) is 29.3. The molecular weight excluding hydrogens is 699 g/mol. The lowest BCUT2D eigenvalue weighted by atomic mass is 10.1. The quantitative estimate of drug-likeness (QED) is 0.176. The first-order valence-corrected chi connectivity index (χ1v) is 17.8. The second-order valence-electron chi connectivity index (χ2n) is 13.1. The van der Waals surface area contributed by atoms with Crippen LogP contribution in [0.5, 0.6) is 0 Å². The van der Waals surface area contributed by atoms with Crippen LogP contribution in [-0.4, -0.2) is 24.1 Å². The van der Waals surface area contributed by atoms with Crippen molar-refractivity contribution < 1.29 is 26.3 Å². The second-order valence-corrected chi connectivity index (χ2v) is 13.1. The van der Waals surface area contributed by atoms with Crippen LogP contribution in [-0.2, 0) is 0 Å². The van der Waals surface area contributed by atoms with E-state index in [9.17, 15) is 8.22 Å². The van der Waals surface area contributed by atoms with Gasteiger partial charge in [-0.05, 0) is 66.6 Å². The van der Waals surface area contributed by atoms with Crippen molar-refractivity contribution >= 4 is 65.6 Å². The number of hydrogen-bond donors (Lipinski definition) is 0. The highest BCUT2D eigenvalue weighted by Gasteiger charge is 2.22. The third kappa shape index (κ3) is 4.81. The summed E-state index contributed by atoms with van der Waals surface area (Å²) in [7, 11) is 0. The Hall–Kier alpha value is -7.83. The van der Waals surface area contributed by atoms with Crippen LogP contribution in [0.25, 0.3) is 111 Å². The zero-order valence-electron chi connectivity index (χ0n) is 45.3. The lowest BCUT2D eigenvalue weighted by molar-refractivity contribution is 0.669. The average Bonchev–Trinajstić information content (AvgIpc) is 4.04. The van der Waals surface area contributed by atoms with Crippen molar-refractivity contribution in [2.24, 2.45) is 0 Å². The molecule has 0 saturated carbocycles. The fourth-order valence-electron chi connectivity index (χ4n) is 7.54. The first-order valence-electron chi connectivity index (χ1n) is 25.8. The molecule has 12 rings (SSSR count). The minimum absolute atomic E-state index is 0.0153. The van der Waals surface area contributed by atoms with Gasteiger partial charge in [0.1, 0.15) is 11.2 Å². The minimum Gasteiger partial charge on any atom is -0.456 e. The third-order valence-electron chi connectivity index (χ3n) is 9.98. The molecule has 6 nitrogen and oxygen atoms in total. The molecule has 0 saturated heterocycles. The highest BCUT2D eigenvalue weighted by atomic mass is 16.3. The minimum atomic E-state index is -0.332. The Morgan fingerprint density at radius 1 is 0.386 bits per heavy atom. The SMILES string of the molecule is [2H]c1cc([2H])c2oc3c([2H])c(-c4nc(-c5ccccc5-n5c6c([2H])cc([2H])c([2H])c6c6c([2H])c([2H])cc([2H])c65)nc(-c5ccccc5-n5c6c([2H])cc([2H])c([2H])c6c6c([2H])c([2H])cc([2H])c65)n4)c([2H])cc3c2c1. The number of hydrogen-bond acceptors (Lipinski definition) is 4. The van der Waals surface area contributed by atoms with Crippen molar-refractivity contribution in [3.05, 3.63) is 188 Å². The molecule has 0 spiro atoms. The summed E-state index contributed by atoms with van der Waals surface area (Å²) >= 11 is 0. The number of nitrogens with zero attached hydrogens (tertiary/aromatic N) is 5. The van der Waals surface area contributed by atoms with Gasteiger partial charge in [0.2, 0.25) is 0 Å². The Balaban J connectivity index is 1.21. The van der Waals surface area contributed by atoms with Gasteiger partial charge in [0.15, 0.2) is 17.5 Å². The Kier molecular flexibility index (Phi) is 4.26. The van der Waals surface area contributed by atoms with Gasteiger partial charge < -0.3 is 13.6 Å². The van der Waals surface area contributed by atoms with E-state index in [4.69, 9.17) is 33.1 Å². The molecule has 266 valence electrons. The maximum Gasteiger partial charge on any atom is 0.166 e. The normalized spacial score (nSPS) is 15.8. The summed E-state index contributed by atoms with van der Waals surface area (Å²) < 4.78 is 152. The number of rotatable bonds is 5. The van der Waals surface area contributed by atoms with Crippen LogP contribution in [0, 0.1) is 0 Å². The number of fused-ring (bicyclic) bond motifs is 9. The highest BCUT2D eigenvalue weighted by Crippen LogP contribution is 2.39. The third-order valence-corrected chi connectivity index (χ3v) is 9.98. The highest BCUT2D eigenvalue weighted by molar-refractivity contribution is 6.11. The summed E-state index contributed by atoms with van der Waals surface area (Å²) in [6, 6.07) is 18.3. The van der Waals surface area contributed by atoms with E-state index in [-0.39, 0.29) is 197 Å². The lowest BCUT2D eigenvalue weighted by Crippen LogP contribution is -2.05. The molecule has 0 aliphatic rings. The van der Waals surface area contributed by atoms with Crippen LogP contribution in [0.1, 0.15) is 21.9 Å². The van der Waals surface area contributed by atoms with Gasteiger partial charge in [-0.1, -0.05) is 121 Å². The molecule has 0 radical (unpaired) electrons. The molecule has 0 atom stereocenters. The van der Waals surface area contributed by atoms with Gasteiger partial charge in [0, 0.05) is 49.0 Å². The standard InChI is InChI=1S/C51H31N5O/c1-8-22-41-33(15-1)34-16-2-9-23-42(34)55(41)45-26-12-5-20-39(45)50-52-49(32-29-30-38-37-19-7-14-28-47(37)57-48(38)31-32)53-51(54-50)40-21-6-13-27-46(40)56-43-24-10-3-17-35(43)36-18-4-11-25-44(36)56/h1-31H/i1D,2D,3D,4D,7D,15D,16D,17D,18D,22D,23D,24D,25D,28D,29D,31D. The van der Waals surface area contributed by atoms with Crippen LogP contribution in [0.15, 0.2) is 192 Å². The summed E-state index contributed by atoms with van der Waals surface area (Å²) in [6.45, 7) is 0. The molecule has 12 aromatic rings. The van der Waals surface area contributed by atoms with Gasteiger partial charge >= 0.3 is 0 Å². The molecule has 4 heterocycles. The second kappa shape index (κ2) is 12.3. The largest absolute Gasteiger partial charge is 0.456 e. The fourth-order valence-corrected chi connectivity index (χ4v) is 7.54. The monoisotopic (exact) mass is 745 g/mol. The van der Waals surface area contributed by atoms with Crippen molar-refractivity contribution in [1.82, 2.24) is 24.1 Å². The zero-order chi connectivity index (χ0) is 51.4. The predicted octanol–water partition coefficient (Wildman–Crippen LogP) is 13.0. The number of para-hydroxylation sites is 7. The van der Waals surface area contributed by atoms with Crippen molar-refractivity contribution in [1.29, 1.82) is 0 Å². The van der Waals surface area contributed by atoms with E-state index < -0.39 is 0 Å². The molecule has 0 unspecified atom stereocenters. The molecule has 0 aliphatic carbocycles. The van der Waals surface area contributed by atoms with Crippen LogP contribution in [0.2, 0.25) is 0 Å². The average molecular weight is 746 g/mol. The van der Waals surface area contributed by atoms with Crippen molar-refractivity contribution in [2.45, 2.75) is 0 Å². The Labute approximate surface area is 349 Å². The van der Waals surface area contributed by atoms with Crippen LogP contribution in [0.4, 0.5) is 0 Å². The van der Waals surface area contributed by atoms with E-state index in [1.165, 1.54) is 51.6 Å². The van der Waals surface area contributed by atoms with E-state index in [0.29, 0.717) is 10.8 Å². The predicted molar refractivity (Wildman–Crippen MR) is 232 cm³/mol. The van der Waals surface area contributed by atoms with Crippen molar-refractivity contribution in [3.8, 4) is 45.5 Å². The molecule has 0 aliphatic heterocycles. The van der Waals surface area contributed by atoms with Gasteiger partial charge in [-0.15, -0.1) is 0 Å². The van der Waals surface area contributed by atoms with E-state index >= 15 is 0 Å². The van der Waals surface area contributed by atoms with Gasteiger partial charge in [-0.2, -0.15) is 0 Å². The van der Waals surface area contributed by atoms with E-state index in [1.54, 1.807) is 48.5 Å². The molecule has 0 N–H and O–H groups in total. The number of aromatic nitrogens is 5. The Morgan fingerprint density at radius 3 is 1.37 bits per heavy atom. The van der Waals surface area contributed by atoms with E-state index in [2.05, 4.69) is 0 Å². The summed E-state index contributed by atoms with van der Waals surface area (Å²) in [5.41, 5.74) is 1.12. The molecule has 0 amide bonds. The smallest absolute Gasteiger partial charge is 0.166 e. The number of benzene rings is 8. The molecule has 0 bridgehead atoms. The van der Waals surface area contributed by atoms with Crippen LogP contribution in [0.3, 0.4) is 0 Å². The van der Waals surface area contributed by atoms with Crippen LogP contribution < -0.4 is 0 Å². The molecule has 6 heteroatoms. The maximum atomic E-state index is 9.60. The number of furan rings is 1. The summed E-state index contributed by atoms with van der Waals surface area (Å²) in [5, 5.41) is 0.718. The van der Waals surface area contributed by atoms with Gasteiger partial charge in [0.05, 0.1) is 55.4 Å². The van der Waals surface area contributed by atoms with Gasteiger partial charge in [-0.3, -0.25) is 0 Å². The lowest BCUT2D eigenvalue weighted by Gasteiger charge is -2.16. The molecule has 8 aromatic carbocycles. The Morgan fingerprint density at radius 2 is 0.842 bits per heavy atom. The van der Waals surface area contributed by atoms with Crippen LogP contribution >= 0.6 is 0 Å². The van der Waals surface area contributed by atoms with Crippen molar-refractivity contribution in [3.63, 3.8) is 0 Å². The van der Waals surface area contributed by atoms with E-state index in [0.717, 1.165) is 0 Å². The maximum absolute atomic E-state index is 9.60. The summed E-state index contributed by atoms with van der Waals surface area (Å²) in [6.07, 6.45) is 0. The molecule has 57 heavy (non-hydrogen) atoms. The topological polar surface area (TPSA) is 61.7 Å². The first-order chi connectivity index (χ1) is 34.9. The Bertz CT molecular complexity index is 4130. The van der Waals surface area contributed by atoms with Gasteiger partial charge in [-0.25, -0.2) is 15.0 Å². The summed E-state index contributed by atoms with van der Waals surface area (Å²) in [5.74, 6) is -0.405. The molecule has 4 aromatic heterocycles. The van der Waals surface area contributed by atoms with Crippen molar-refractivity contribution in [2.75, 3.05) is 0 Å². The van der Waals surface area contributed by atoms with Gasteiger partial charge in [0.25, 0.3) is 0 Å². The fraction of sp³-hybridized carbons (Fsp3) is 0. The molecule has 0 fully saturated rings.